The molecule has 0 spiro atoms. The van der Waals surface area contributed by atoms with Crippen molar-refractivity contribution in [3.8, 4) is 0 Å². The van der Waals surface area contributed by atoms with Gasteiger partial charge in [-0.2, -0.15) is 11.8 Å². The molecule has 1 atom stereocenters. The summed E-state index contributed by atoms with van der Waals surface area (Å²) in [4.78, 5) is 36.5. The van der Waals surface area contributed by atoms with Crippen molar-refractivity contribution in [3.05, 3.63) is 0 Å². The number of esters is 2. The van der Waals surface area contributed by atoms with Crippen LogP contribution in [0.3, 0.4) is 0 Å². The smallest absolute Gasteiger partial charge is 0.408 e. The Morgan fingerprint density at radius 3 is 1.80 bits per heavy atom. The molecule has 0 aromatic rings. The Morgan fingerprint density at radius 1 is 0.775 bits per heavy atom. The molecule has 0 aliphatic heterocycles. The normalized spacial score (nSPS) is 12.6. The summed E-state index contributed by atoms with van der Waals surface area (Å²) in [6.45, 7) is 7.33. The first-order valence-corrected chi connectivity index (χ1v) is 17.1. The summed E-state index contributed by atoms with van der Waals surface area (Å²) in [5.74, 6) is 0.133. The second-order valence-electron chi connectivity index (χ2n) is 11.1. The van der Waals surface area contributed by atoms with Gasteiger partial charge in [0, 0.05) is 12.2 Å². The lowest BCUT2D eigenvalue weighted by Crippen LogP contribution is -2.46. The van der Waals surface area contributed by atoms with Crippen LogP contribution in [0.15, 0.2) is 0 Å². The Kier molecular flexibility index (Phi) is 23.6. The van der Waals surface area contributed by atoms with E-state index in [1.54, 1.807) is 20.8 Å². The molecule has 236 valence electrons. The minimum absolute atomic E-state index is 0.168. The molecule has 7 nitrogen and oxygen atoms in total. The molecule has 0 heterocycles. The van der Waals surface area contributed by atoms with Gasteiger partial charge in [-0.25, -0.2) is 9.59 Å². The topological polar surface area (TPSA) is 90.9 Å². The molecule has 0 saturated carbocycles. The third-order valence-corrected chi connectivity index (χ3v) is 7.29. The van der Waals surface area contributed by atoms with E-state index in [4.69, 9.17) is 49.0 Å². The average Bonchev–Trinajstić information content (AvgIpc) is 2.85. The highest BCUT2D eigenvalue weighted by Crippen LogP contribution is 2.26. The summed E-state index contributed by atoms with van der Waals surface area (Å²) in [6.07, 6.45) is 16.7. The van der Waals surface area contributed by atoms with Crippen molar-refractivity contribution < 1.29 is 28.6 Å². The standard InChI is InChI=1S/C29H52Cl3NO6S/c1-5-6-7-8-9-10-11-12-13-14-15-16-17-19-25(34)37-20-18-21-40-22-24(26(35)39-28(2,3)4)33-27(36)38-23-29(30,31)32/h24H,5-23H2,1-4H3,(H,33,36)/t24-/m0/s1. The molecular weight excluding hydrogens is 597 g/mol. The number of rotatable bonds is 23. The minimum Gasteiger partial charge on any atom is -0.466 e. The molecule has 1 N–H and O–H groups in total. The summed E-state index contributed by atoms with van der Waals surface area (Å²) >= 11 is 18.2. The zero-order chi connectivity index (χ0) is 30.3. The maximum Gasteiger partial charge on any atom is 0.408 e. The Balaban J connectivity index is 3.94. The number of alkyl carbamates (subject to hydrolysis) is 1. The van der Waals surface area contributed by atoms with Gasteiger partial charge in [-0.05, 0) is 39.4 Å². The van der Waals surface area contributed by atoms with E-state index in [0.29, 0.717) is 25.2 Å². The number of thioether (sulfide) groups is 1. The SMILES string of the molecule is CCCCCCCCCCCCCCCC(=O)OCCCSC[C@H](NC(=O)OCC(Cl)(Cl)Cl)C(=O)OC(C)(C)C. The third kappa shape index (κ3) is 27.6. The van der Waals surface area contributed by atoms with Gasteiger partial charge in [0.1, 0.15) is 18.2 Å². The van der Waals surface area contributed by atoms with Crippen LogP contribution in [0, 0.1) is 0 Å². The zero-order valence-electron chi connectivity index (χ0n) is 25.0. The summed E-state index contributed by atoms with van der Waals surface area (Å²) in [7, 11) is 0. The molecule has 0 bridgehead atoms. The van der Waals surface area contributed by atoms with Crippen molar-refractivity contribution in [2.45, 2.75) is 139 Å². The molecule has 40 heavy (non-hydrogen) atoms. The molecule has 0 aliphatic carbocycles. The maximum absolute atomic E-state index is 12.5. The Hall–Kier alpha value is -0.570. The molecule has 0 rings (SSSR count). The van der Waals surface area contributed by atoms with Gasteiger partial charge >= 0.3 is 18.0 Å². The number of hydrogen-bond acceptors (Lipinski definition) is 7. The van der Waals surface area contributed by atoms with E-state index in [1.165, 1.54) is 82.4 Å². The van der Waals surface area contributed by atoms with Gasteiger partial charge in [0.15, 0.2) is 0 Å². The number of carbonyl (C=O) groups excluding carboxylic acids is 3. The van der Waals surface area contributed by atoms with Crippen LogP contribution in [-0.2, 0) is 23.8 Å². The van der Waals surface area contributed by atoms with Gasteiger partial charge in [0.2, 0.25) is 3.79 Å². The number of alkyl halides is 3. The molecule has 0 aromatic heterocycles. The highest BCUT2D eigenvalue weighted by molar-refractivity contribution is 7.99. The van der Waals surface area contributed by atoms with E-state index in [2.05, 4.69) is 12.2 Å². The first kappa shape index (κ1) is 39.4. The Labute approximate surface area is 261 Å². The van der Waals surface area contributed by atoms with Gasteiger partial charge in [0.05, 0.1) is 6.61 Å². The molecule has 0 radical (unpaired) electrons. The van der Waals surface area contributed by atoms with E-state index in [1.807, 2.05) is 0 Å². The second kappa shape index (κ2) is 23.9. The molecule has 11 heteroatoms. The predicted octanol–water partition coefficient (Wildman–Crippen LogP) is 8.94. The van der Waals surface area contributed by atoms with Crippen molar-refractivity contribution in [1.29, 1.82) is 0 Å². The lowest BCUT2D eigenvalue weighted by Gasteiger charge is -2.24. The maximum atomic E-state index is 12.5. The quantitative estimate of drug-likeness (QED) is 0.0512. The fraction of sp³-hybridized carbons (Fsp3) is 0.897. The molecular formula is C29H52Cl3NO6S. The van der Waals surface area contributed by atoms with Crippen LogP contribution in [0.1, 0.15) is 124 Å². The number of amides is 1. The lowest BCUT2D eigenvalue weighted by atomic mass is 10.0. The third-order valence-electron chi connectivity index (χ3n) is 5.82. The van der Waals surface area contributed by atoms with Crippen LogP contribution in [-0.4, -0.2) is 58.2 Å². The van der Waals surface area contributed by atoms with E-state index in [9.17, 15) is 14.4 Å². The van der Waals surface area contributed by atoms with E-state index in [0.717, 1.165) is 12.8 Å². The van der Waals surface area contributed by atoms with E-state index >= 15 is 0 Å². The first-order chi connectivity index (χ1) is 18.8. The van der Waals surface area contributed by atoms with Crippen molar-refractivity contribution >= 4 is 64.6 Å². The Bertz CT molecular complexity index is 686. The average molecular weight is 649 g/mol. The van der Waals surface area contributed by atoms with Gasteiger partial charge in [0.25, 0.3) is 0 Å². The fourth-order valence-electron chi connectivity index (χ4n) is 3.78. The highest BCUT2D eigenvalue weighted by Gasteiger charge is 2.28. The van der Waals surface area contributed by atoms with Crippen molar-refractivity contribution in [2.24, 2.45) is 0 Å². The van der Waals surface area contributed by atoms with Gasteiger partial charge < -0.3 is 19.5 Å². The molecule has 0 saturated heterocycles. The number of carbonyl (C=O) groups is 3. The zero-order valence-corrected chi connectivity index (χ0v) is 28.1. The number of ether oxygens (including phenoxy) is 3. The van der Waals surface area contributed by atoms with Gasteiger partial charge in [-0.3, -0.25) is 4.79 Å². The summed E-state index contributed by atoms with van der Waals surface area (Å²) in [5, 5.41) is 2.46. The molecule has 0 fully saturated rings. The fourth-order valence-corrected chi connectivity index (χ4v) is 4.89. The molecule has 1 amide bonds. The predicted molar refractivity (Wildman–Crippen MR) is 168 cm³/mol. The largest absolute Gasteiger partial charge is 0.466 e. The first-order valence-electron chi connectivity index (χ1n) is 14.8. The van der Waals surface area contributed by atoms with Crippen LogP contribution in [0.4, 0.5) is 4.79 Å². The van der Waals surface area contributed by atoms with Gasteiger partial charge in [-0.1, -0.05) is 119 Å². The summed E-state index contributed by atoms with van der Waals surface area (Å²) < 4.78 is 13.8. The van der Waals surface area contributed by atoms with Crippen LogP contribution < -0.4 is 5.32 Å². The molecule has 0 aliphatic rings. The van der Waals surface area contributed by atoms with Crippen molar-refractivity contribution in [2.75, 3.05) is 24.7 Å². The van der Waals surface area contributed by atoms with Crippen molar-refractivity contribution in [1.82, 2.24) is 5.32 Å². The van der Waals surface area contributed by atoms with Crippen LogP contribution in [0.2, 0.25) is 0 Å². The summed E-state index contributed by atoms with van der Waals surface area (Å²) in [6, 6.07) is -0.940. The van der Waals surface area contributed by atoms with Crippen LogP contribution in [0.25, 0.3) is 0 Å². The lowest BCUT2D eigenvalue weighted by molar-refractivity contribution is -0.156. The van der Waals surface area contributed by atoms with E-state index in [-0.39, 0.29) is 11.7 Å². The van der Waals surface area contributed by atoms with Crippen LogP contribution in [0.5, 0.6) is 0 Å². The number of unbranched alkanes of at least 4 members (excludes halogenated alkanes) is 12. The Morgan fingerprint density at radius 2 is 1.30 bits per heavy atom. The van der Waals surface area contributed by atoms with E-state index < -0.39 is 34.1 Å². The molecule has 0 aromatic carbocycles. The number of hydrogen-bond donors (Lipinski definition) is 1. The minimum atomic E-state index is -1.75. The number of halogens is 3. The highest BCUT2D eigenvalue weighted by atomic mass is 35.6. The molecule has 0 unspecified atom stereocenters. The van der Waals surface area contributed by atoms with Crippen LogP contribution >= 0.6 is 46.6 Å². The monoisotopic (exact) mass is 647 g/mol. The summed E-state index contributed by atoms with van der Waals surface area (Å²) in [5.41, 5.74) is -0.718. The van der Waals surface area contributed by atoms with Crippen molar-refractivity contribution in [3.63, 3.8) is 0 Å². The second-order valence-corrected chi connectivity index (χ2v) is 14.7. The number of nitrogens with one attached hydrogen (secondary N) is 1. The van der Waals surface area contributed by atoms with Gasteiger partial charge in [-0.15, -0.1) is 0 Å².